The first-order chi connectivity index (χ1) is 12.9. The molecule has 2 rings (SSSR count). The molecule has 6 nitrogen and oxygen atoms in total. The highest BCUT2D eigenvalue weighted by molar-refractivity contribution is 14.0. The average Bonchev–Trinajstić information content (AvgIpc) is 3.09. The van der Waals surface area contributed by atoms with Crippen LogP contribution in [0.3, 0.4) is 0 Å². The fraction of sp³-hybridized carbons (Fsp3) is 0.400. The lowest BCUT2D eigenvalue weighted by atomic mass is 10.2. The Kier molecular flexibility index (Phi) is 10.6. The monoisotopic (exact) mass is 562 g/mol. The number of aliphatic imine (C=N–C) groups is 1. The van der Waals surface area contributed by atoms with Crippen LogP contribution in [0.25, 0.3) is 0 Å². The summed E-state index contributed by atoms with van der Waals surface area (Å²) < 4.78 is 6.63. The second-order valence-corrected chi connectivity index (χ2v) is 7.26. The van der Waals surface area contributed by atoms with Gasteiger partial charge in [-0.05, 0) is 37.6 Å². The highest BCUT2D eigenvalue weighted by Crippen LogP contribution is 2.17. The van der Waals surface area contributed by atoms with E-state index < -0.39 is 0 Å². The minimum Gasteiger partial charge on any atom is -0.464 e. The molecule has 1 aromatic carbocycles. The SMILES string of the molecule is CN=C(NCCC(=O)N(C)Cc1ccccc1Br)NC(C)c1ccc(C)o1.I. The fourth-order valence-electron chi connectivity index (χ4n) is 2.61. The minimum atomic E-state index is -0.0151. The fourth-order valence-corrected chi connectivity index (χ4v) is 3.02. The maximum Gasteiger partial charge on any atom is 0.224 e. The van der Waals surface area contributed by atoms with E-state index in [0.717, 1.165) is 21.6 Å². The molecule has 0 saturated carbocycles. The molecule has 1 atom stereocenters. The van der Waals surface area contributed by atoms with E-state index in [-0.39, 0.29) is 35.9 Å². The van der Waals surface area contributed by atoms with Gasteiger partial charge in [0.2, 0.25) is 5.91 Å². The molecule has 0 aliphatic heterocycles. The standard InChI is InChI=1S/C20H27BrN4O2.HI/c1-14-9-10-18(27-14)15(2)24-20(22-3)23-12-11-19(26)25(4)13-16-7-5-6-8-17(16)21;/h5-10,15H,11-13H2,1-4H3,(H2,22,23,24);1H. The summed E-state index contributed by atoms with van der Waals surface area (Å²) in [5, 5.41) is 6.44. The van der Waals surface area contributed by atoms with Gasteiger partial charge in [-0.15, -0.1) is 24.0 Å². The Morgan fingerprint density at radius 3 is 2.61 bits per heavy atom. The predicted molar refractivity (Wildman–Crippen MR) is 127 cm³/mol. The number of amides is 1. The van der Waals surface area contributed by atoms with Gasteiger partial charge in [-0.1, -0.05) is 34.1 Å². The van der Waals surface area contributed by atoms with Crippen molar-refractivity contribution in [1.29, 1.82) is 0 Å². The molecule has 154 valence electrons. The van der Waals surface area contributed by atoms with E-state index in [2.05, 4.69) is 31.6 Å². The topological polar surface area (TPSA) is 69.9 Å². The van der Waals surface area contributed by atoms with Gasteiger partial charge in [-0.3, -0.25) is 9.79 Å². The molecule has 1 aromatic heterocycles. The molecule has 2 aromatic rings. The lowest BCUT2D eigenvalue weighted by Gasteiger charge is -2.19. The zero-order chi connectivity index (χ0) is 19.8. The molecular weight excluding hydrogens is 535 g/mol. The van der Waals surface area contributed by atoms with Crippen molar-refractivity contribution in [2.75, 3.05) is 20.6 Å². The van der Waals surface area contributed by atoms with Crippen LogP contribution in [-0.4, -0.2) is 37.4 Å². The number of guanidine groups is 1. The molecule has 0 spiro atoms. The van der Waals surface area contributed by atoms with Crippen LogP contribution in [0, 0.1) is 6.92 Å². The Labute approximate surface area is 192 Å². The van der Waals surface area contributed by atoms with E-state index in [4.69, 9.17) is 4.42 Å². The summed E-state index contributed by atoms with van der Waals surface area (Å²) >= 11 is 3.52. The van der Waals surface area contributed by atoms with Crippen molar-refractivity contribution in [2.24, 2.45) is 4.99 Å². The van der Waals surface area contributed by atoms with E-state index in [0.29, 0.717) is 25.5 Å². The molecule has 2 N–H and O–H groups in total. The van der Waals surface area contributed by atoms with E-state index in [9.17, 15) is 4.79 Å². The van der Waals surface area contributed by atoms with Gasteiger partial charge in [0.25, 0.3) is 0 Å². The zero-order valence-corrected chi connectivity index (χ0v) is 20.6. The molecule has 0 fully saturated rings. The third-order valence-corrected chi connectivity index (χ3v) is 4.96. The van der Waals surface area contributed by atoms with Gasteiger partial charge in [-0.2, -0.15) is 0 Å². The summed E-state index contributed by atoms with van der Waals surface area (Å²) in [6.45, 7) is 4.99. The molecule has 1 unspecified atom stereocenters. The Morgan fingerprint density at radius 2 is 2.00 bits per heavy atom. The van der Waals surface area contributed by atoms with Gasteiger partial charge in [0.05, 0.1) is 6.04 Å². The molecule has 0 aliphatic carbocycles. The Hall–Kier alpha value is -1.55. The second kappa shape index (κ2) is 12.1. The molecule has 1 heterocycles. The van der Waals surface area contributed by atoms with Crippen molar-refractivity contribution in [3.8, 4) is 0 Å². The molecule has 0 saturated heterocycles. The van der Waals surface area contributed by atoms with Crippen molar-refractivity contribution in [3.05, 3.63) is 58.0 Å². The van der Waals surface area contributed by atoms with Crippen LogP contribution < -0.4 is 10.6 Å². The number of carbonyl (C=O) groups is 1. The number of hydrogen-bond acceptors (Lipinski definition) is 3. The van der Waals surface area contributed by atoms with Crippen molar-refractivity contribution in [1.82, 2.24) is 15.5 Å². The lowest BCUT2D eigenvalue weighted by Crippen LogP contribution is -2.40. The van der Waals surface area contributed by atoms with E-state index in [1.807, 2.05) is 57.3 Å². The number of aryl methyl sites for hydroxylation is 1. The number of nitrogens with zero attached hydrogens (tertiary/aromatic N) is 2. The first-order valence-electron chi connectivity index (χ1n) is 8.91. The van der Waals surface area contributed by atoms with Crippen molar-refractivity contribution >= 4 is 51.8 Å². The van der Waals surface area contributed by atoms with Gasteiger partial charge in [0, 0.05) is 38.1 Å². The molecule has 0 bridgehead atoms. The molecule has 28 heavy (non-hydrogen) atoms. The Morgan fingerprint density at radius 1 is 1.29 bits per heavy atom. The average molecular weight is 563 g/mol. The number of benzene rings is 1. The Balaban J connectivity index is 0.00000392. The van der Waals surface area contributed by atoms with Crippen LogP contribution in [0.2, 0.25) is 0 Å². The molecule has 1 amide bonds. The first-order valence-corrected chi connectivity index (χ1v) is 9.71. The quantitative estimate of drug-likeness (QED) is 0.301. The van der Waals surface area contributed by atoms with Crippen molar-refractivity contribution in [2.45, 2.75) is 32.9 Å². The van der Waals surface area contributed by atoms with Gasteiger partial charge in [0.1, 0.15) is 11.5 Å². The van der Waals surface area contributed by atoms with E-state index >= 15 is 0 Å². The maximum atomic E-state index is 12.4. The van der Waals surface area contributed by atoms with Gasteiger partial charge in [0.15, 0.2) is 5.96 Å². The molecule has 0 aliphatic rings. The highest BCUT2D eigenvalue weighted by Gasteiger charge is 2.13. The lowest BCUT2D eigenvalue weighted by molar-refractivity contribution is -0.130. The summed E-state index contributed by atoms with van der Waals surface area (Å²) in [5.41, 5.74) is 1.08. The third kappa shape index (κ3) is 7.46. The second-order valence-electron chi connectivity index (χ2n) is 6.40. The number of nitrogens with one attached hydrogen (secondary N) is 2. The van der Waals surface area contributed by atoms with Crippen LogP contribution >= 0.6 is 39.9 Å². The summed E-state index contributed by atoms with van der Waals surface area (Å²) in [7, 11) is 3.52. The van der Waals surface area contributed by atoms with Crippen LogP contribution in [-0.2, 0) is 11.3 Å². The van der Waals surface area contributed by atoms with Gasteiger partial charge in [-0.25, -0.2) is 0 Å². The molecule has 8 heteroatoms. The third-order valence-electron chi connectivity index (χ3n) is 4.19. The van der Waals surface area contributed by atoms with Crippen molar-refractivity contribution in [3.63, 3.8) is 0 Å². The highest BCUT2D eigenvalue weighted by atomic mass is 127. The van der Waals surface area contributed by atoms with E-state index in [1.54, 1.807) is 11.9 Å². The number of hydrogen-bond donors (Lipinski definition) is 2. The molecular formula is C20H28BrIN4O2. The van der Waals surface area contributed by atoms with Crippen LogP contribution in [0.1, 0.15) is 36.5 Å². The van der Waals surface area contributed by atoms with Crippen LogP contribution in [0.5, 0.6) is 0 Å². The summed E-state index contributed by atoms with van der Waals surface area (Å²) in [5.74, 6) is 2.43. The normalized spacial score (nSPS) is 12.1. The Bertz CT molecular complexity index is 794. The summed E-state index contributed by atoms with van der Waals surface area (Å²) in [6.07, 6.45) is 0.385. The number of halogens is 2. The van der Waals surface area contributed by atoms with Gasteiger partial charge >= 0.3 is 0 Å². The maximum absolute atomic E-state index is 12.4. The summed E-state index contributed by atoms with van der Waals surface area (Å²) in [4.78, 5) is 18.3. The largest absolute Gasteiger partial charge is 0.464 e. The van der Waals surface area contributed by atoms with Crippen LogP contribution in [0.15, 0.2) is 50.3 Å². The molecule has 0 radical (unpaired) electrons. The van der Waals surface area contributed by atoms with E-state index in [1.165, 1.54) is 0 Å². The number of carbonyl (C=O) groups excluding carboxylic acids is 1. The first kappa shape index (κ1) is 24.5. The summed E-state index contributed by atoms with van der Waals surface area (Å²) in [6, 6.07) is 11.8. The van der Waals surface area contributed by atoms with Gasteiger partial charge < -0.3 is 20.0 Å². The van der Waals surface area contributed by atoms with Crippen LogP contribution in [0.4, 0.5) is 0 Å². The van der Waals surface area contributed by atoms with Crippen molar-refractivity contribution < 1.29 is 9.21 Å². The zero-order valence-electron chi connectivity index (χ0n) is 16.7. The number of furan rings is 1. The minimum absolute atomic E-state index is 0. The smallest absolute Gasteiger partial charge is 0.224 e. The predicted octanol–water partition coefficient (Wildman–Crippen LogP) is 4.24. The number of rotatable bonds is 7.